The molecule has 104 valence electrons. The molecular formula is C12H16N2O5. The minimum atomic E-state index is -1.01. The van der Waals surface area contributed by atoms with Gasteiger partial charge in [0.25, 0.3) is 5.69 Å². The molecule has 0 heterocycles. The molecule has 0 spiro atoms. The largest absolute Gasteiger partial charge is 0.465 e. The minimum absolute atomic E-state index is 0.100. The van der Waals surface area contributed by atoms with E-state index in [4.69, 9.17) is 0 Å². The SMILES string of the molecule is COC(=O)c1ccc(NCC(C)(C)O)c([N+](=O)[O-])c1. The van der Waals surface area contributed by atoms with Crippen molar-refractivity contribution in [2.45, 2.75) is 19.4 Å². The lowest BCUT2D eigenvalue weighted by Gasteiger charge is -2.18. The number of anilines is 1. The third kappa shape index (κ3) is 4.22. The van der Waals surface area contributed by atoms with Gasteiger partial charge in [0.1, 0.15) is 5.69 Å². The highest BCUT2D eigenvalue weighted by Crippen LogP contribution is 2.26. The summed E-state index contributed by atoms with van der Waals surface area (Å²) in [5.74, 6) is -0.642. The summed E-state index contributed by atoms with van der Waals surface area (Å²) in [6.45, 7) is 3.30. The van der Waals surface area contributed by atoms with E-state index in [1.54, 1.807) is 13.8 Å². The van der Waals surface area contributed by atoms with Crippen LogP contribution in [0.2, 0.25) is 0 Å². The van der Waals surface area contributed by atoms with Crippen LogP contribution in [0.1, 0.15) is 24.2 Å². The predicted octanol–water partition coefficient (Wildman–Crippen LogP) is 1.56. The Morgan fingerprint density at radius 1 is 1.53 bits per heavy atom. The highest BCUT2D eigenvalue weighted by molar-refractivity contribution is 5.91. The van der Waals surface area contributed by atoms with Gasteiger partial charge in [-0.25, -0.2) is 4.79 Å². The molecular weight excluding hydrogens is 252 g/mol. The molecule has 0 saturated carbocycles. The van der Waals surface area contributed by atoms with E-state index in [1.165, 1.54) is 19.2 Å². The number of nitrogens with one attached hydrogen (secondary N) is 1. The van der Waals surface area contributed by atoms with Crippen molar-refractivity contribution in [1.82, 2.24) is 0 Å². The van der Waals surface area contributed by atoms with Gasteiger partial charge in [-0.15, -0.1) is 0 Å². The molecule has 0 aromatic heterocycles. The highest BCUT2D eigenvalue weighted by atomic mass is 16.6. The van der Waals surface area contributed by atoms with Crippen LogP contribution < -0.4 is 5.32 Å². The first-order valence-electron chi connectivity index (χ1n) is 5.57. The fourth-order valence-corrected chi connectivity index (χ4v) is 1.39. The normalized spacial score (nSPS) is 10.9. The second-order valence-electron chi connectivity index (χ2n) is 4.65. The zero-order valence-electron chi connectivity index (χ0n) is 11.0. The molecule has 2 N–H and O–H groups in total. The molecule has 19 heavy (non-hydrogen) atoms. The summed E-state index contributed by atoms with van der Waals surface area (Å²) < 4.78 is 4.50. The van der Waals surface area contributed by atoms with Gasteiger partial charge in [0.05, 0.1) is 23.2 Å². The number of methoxy groups -OCH3 is 1. The molecule has 1 rings (SSSR count). The smallest absolute Gasteiger partial charge is 0.338 e. The molecule has 0 saturated heterocycles. The molecule has 0 radical (unpaired) electrons. The molecule has 7 nitrogen and oxygen atoms in total. The maximum atomic E-state index is 11.3. The van der Waals surface area contributed by atoms with E-state index in [9.17, 15) is 20.0 Å². The molecule has 0 aliphatic carbocycles. The number of hydrogen-bond acceptors (Lipinski definition) is 6. The summed E-state index contributed by atoms with van der Waals surface area (Å²) in [6, 6.07) is 3.97. The number of esters is 1. The lowest BCUT2D eigenvalue weighted by atomic mass is 10.1. The van der Waals surface area contributed by atoms with Crippen molar-refractivity contribution in [3.8, 4) is 0 Å². The quantitative estimate of drug-likeness (QED) is 0.477. The molecule has 0 amide bonds. The Kier molecular flexibility index (Phi) is 4.44. The van der Waals surface area contributed by atoms with Gasteiger partial charge in [-0.3, -0.25) is 10.1 Å². The fourth-order valence-electron chi connectivity index (χ4n) is 1.39. The standard InChI is InChI=1S/C12H16N2O5/c1-12(2,16)7-13-9-5-4-8(11(15)19-3)6-10(9)14(17)18/h4-6,13,16H,7H2,1-3H3. The van der Waals surface area contributed by atoms with Crippen LogP contribution in [-0.4, -0.2) is 35.3 Å². The van der Waals surface area contributed by atoms with Gasteiger partial charge in [0.15, 0.2) is 0 Å². The summed E-state index contributed by atoms with van der Waals surface area (Å²) in [5.41, 5.74) is -0.913. The van der Waals surface area contributed by atoms with Gasteiger partial charge in [-0.2, -0.15) is 0 Å². The number of benzene rings is 1. The highest BCUT2D eigenvalue weighted by Gasteiger charge is 2.20. The van der Waals surface area contributed by atoms with Gasteiger partial charge in [-0.05, 0) is 26.0 Å². The number of carbonyl (C=O) groups is 1. The molecule has 0 fully saturated rings. The van der Waals surface area contributed by atoms with Gasteiger partial charge in [0, 0.05) is 12.6 Å². The number of rotatable bonds is 5. The number of hydrogen-bond donors (Lipinski definition) is 2. The summed E-state index contributed by atoms with van der Waals surface area (Å²) >= 11 is 0. The topological polar surface area (TPSA) is 102 Å². The number of aliphatic hydroxyl groups is 1. The van der Waals surface area contributed by atoms with E-state index >= 15 is 0 Å². The number of carbonyl (C=O) groups excluding carboxylic acids is 1. The van der Waals surface area contributed by atoms with Gasteiger partial charge in [0.2, 0.25) is 0 Å². The Morgan fingerprint density at radius 2 is 2.16 bits per heavy atom. The van der Waals surface area contributed by atoms with Crippen molar-refractivity contribution in [2.24, 2.45) is 0 Å². The second-order valence-corrected chi connectivity index (χ2v) is 4.65. The average molecular weight is 268 g/mol. The number of ether oxygens (including phenoxy) is 1. The summed E-state index contributed by atoms with van der Waals surface area (Å²) in [4.78, 5) is 21.7. The Labute approximate surface area is 110 Å². The van der Waals surface area contributed by atoms with Crippen LogP contribution in [0.5, 0.6) is 0 Å². The van der Waals surface area contributed by atoms with Gasteiger partial charge in [-0.1, -0.05) is 0 Å². The first-order chi connectivity index (χ1) is 8.74. The van der Waals surface area contributed by atoms with Gasteiger partial charge < -0.3 is 15.2 Å². The molecule has 0 unspecified atom stereocenters. The van der Waals surface area contributed by atoms with Crippen molar-refractivity contribution >= 4 is 17.3 Å². The fraction of sp³-hybridized carbons (Fsp3) is 0.417. The monoisotopic (exact) mass is 268 g/mol. The summed E-state index contributed by atoms with van der Waals surface area (Å²) in [6.07, 6.45) is 0. The predicted molar refractivity (Wildman–Crippen MR) is 69.2 cm³/mol. The summed E-state index contributed by atoms with van der Waals surface area (Å²) in [7, 11) is 1.20. The second kappa shape index (κ2) is 5.66. The number of nitro benzene ring substituents is 1. The molecule has 1 aromatic rings. The van der Waals surface area contributed by atoms with Crippen LogP contribution in [0.15, 0.2) is 18.2 Å². The van der Waals surface area contributed by atoms with E-state index in [0.717, 1.165) is 6.07 Å². The Hall–Kier alpha value is -2.15. The zero-order chi connectivity index (χ0) is 14.6. The Bertz CT molecular complexity index is 493. The average Bonchev–Trinajstić information content (AvgIpc) is 2.34. The van der Waals surface area contributed by atoms with Crippen molar-refractivity contribution in [3.05, 3.63) is 33.9 Å². The van der Waals surface area contributed by atoms with E-state index in [1.807, 2.05) is 0 Å². The van der Waals surface area contributed by atoms with Crippen molar-refractivity contribution < 1.29 is 19.6 Å². The van der Waals surface area contributed by atoms with E-state index in [2.05, 4.69) is 10.1 Å². The van der Waals surface area contributed by atoms with E-state index < -0.39 is 16.5 Å². The Morgan fingerprint density at radius 3 is 2.63 bits per heavy atom. The first-order valence-corrected chi connectivity index (χ1v) is 5.57. The zero-order valence-corrected chi connectivity index (χ0v) is 11.0. The summed E-state index contributed by atoms with van der Waals surface area (Å²) in [5, 5.41) is 23.3. The lowest BCUT2D eigenvalue weighted by Crippen LogP contribution is -2.29. The molecule has 0 aliphatic rings. The maximum absolute atomic E-state index is 11.3. The van der Waals surface area contributed by atoms with Crippen LogP contribution in [0.4, 0.5) is 11.4 Å². The molecule has 7 heteroatoms. The van der Waals surface area contributed by atoms with Crippen molar-refractivity contribution in [2.75, 3.05) is 19.0 Å². The molecule has 0 aliphatic heterocycles. The van der Waals surface area contributed by atoms with Crippen LogP contribution in [-0.2, 0) is 4.74 Å². The van der Waals surface area contributed by atoms with Crippen molar-refractivity contribution in [1.29, 1.82) is 0 Å². The third-order valence-corrected chi connectivity index (χ3v) is 2.33. The molecule has 0 atom stereocenters. The number of nitrogens with zero attached hydrogens (tertiary/aromatic N) is 1. The van der Waals surface area contributed by atoms with Crippen LogP contribution in [0.25, 0.3) is 0 Å². The molecule has 0 bridgehead atoms. The van der Waals surface area contributed by atoms with Crippen LogP contribution in [0, 0.1) is 10.1 Å². The minimum Gasteiger partial charge on any atom is -0.465 e. The van der Waals surface area contributed by atoms with E-state index in [0.29, 0.717) is 0 Å². The first kappa shape index (κ1) is 14.9. The molecule has 1 aromatic carbocycles. The number of nitro groups is 1. The maximum Gasteiger partial charge on any atom is 0.338 e. The van der Waals surface area contributed by atoms with Crippen molar-refractivity contribution in [3.63, 3.8) is 0 Å². The van der Waals surface area contributed by atoms with E-state index in [-0.39, 0.29) is 23.5 Å². The van der Waals surface area contributed by atoms with Crippen LogP contribution >= 0.6 is 0 Å². The lowest BCUT2D eigenvalue weighted by molar-refractivity contribution is -0.384. The van der Waals surface area contributed by atoms with Gasteiger partial charge >= 0.3 is 5.97 Å². The van der Waals surface area contributed by atoms with Crippen LogP contribution in [0.3, 0.4) is 0 Å². The Balaban J connectivity index is 3.05. The third-order valence-electron chi connectivity index (χ3n) is 2.33.